The lowest BCUT2D eigenvalue weighted by Gasteiger charge is -2.10. The Labute approximate surface area is 375 Å². The molecule has 0 unspecified atom stereocenters. The van der Waals surface area contributed by atoms with Gasteiger partial charge in [-0.1, -0.05) is 140 Å². The molecule has 3 aromatic heterocycles. The normalized spacial score (nSPS) is 11.7. The molecule has 4 nitrogen and oxygen atoms in total. The monoisotopic (exact) mass is 829 g/mol. The summed E-state index contributed by atoms with van der Waals surface area (Å²) in [6.45, 7) is 0. The van der Waals surface area contributed by atoms with Crippen molar-refractivity contribution in [3.63, 3.8) is 0 Å². The molecule has 13 aromatic rings. The van der Waals surface area contributed by atoms with Crippen LogP contribution < -0.4 is 0 Å². The molecule has 0 N–H and O–H groups in total. The van der Waals surface area contributed by atoms with Crippen molar-refractivity contribution in [2.45, 2.75) is 0 Å². The number of oxazole rings is 1. The van der Waals surface area contributed by atoms with E-state index in [1.54, 1.807) is 0 Å². The number of hydrogen-bond donors (Lipinski definition) is 0. The maximum absolute atomic E-state index is 6.73. The first kappa shape index (κ1) is 36.9. The topological polar surface area (TPSA) is 35.9 Å². The predicted molar refractivity (Wildman–Crippen MR) is 270 cm³/mol. The summed E-state index contributed by atoms with van der Waals surface area (Å²) >= 11 is 0. The molecule has 304 valence electrons. The van der Waals surface area contributed by atoms with Gasteiger partial charge in [0.2, 0.25) is 5.89 Å². The number of aromatic nitrogens is 3. The third kappa shape index (κ3) is 6.18. The summed E-state index contributed by atoms with van der Waals surface area (Å²) in [7, 11) is 0. The quantitative estimate of drug-likeness (QED) is 0.160. The van der Waals surface area contributed by atoms with E-state index < -0.39 is 0 Å². The van der Waals surface area contributed by atoms with Crippen LogP contribution in [0.25, 0.3) is 122 Å². The van der Waals surface area contributed by atoms with Crippen molar-refractivity contribution in [1.29, 1.82) is 0 Å². The maximum Gasteiger partial charge on any atom is 0.227 e. The highest BCUT2D eigenvalue weighted by molar-refractivity contribution is 6.14. The van der Waals surface area contributed by atoms with Gasteiger partial charge in [-0.15, -0.1) is 0 Å². The van der Waals surface area contributed by atoms with Crippen molar-refractivity contribution in [2.75, 3.05) is 0 Å². The summed E-state index contributed by atoms with van der Waals surface area (Å²) in [6, 6.07) is 84.7. The molecule has 0 spiro atoms. The van der Waals surface area contributed by atoms with Crippen LogP contribution >= 0.6 is 0 Å². The maximum atomic E-state index is 6.73. The Balaban J connectivity index is 1.05. The molecule has 0 amide bonds. The van der Waals surface area contributed by atoms with E-state index in [0.29, 0.717) is 5.89 Å². The zero-order valence-electron chi connectivity index (χ0n) is 35.3. The highest BCUT2D eigenvalue weighted by atomic mass is 16.3. The van der Waals surface area contributed by atoms with E-state index in [0.717, 1.165) is 66.8 Å². The molecule has 10 aromatic carbocycles. The molecule has 0 radical (unpaired) electrons. The molecule has 0 saturated carbocycles. The highest BCUT2D eigenvalue weighted by Crippen LogP contribution is 2.43. The van der Waals surface area contributed by atoms with Crippen molar-refractivity contribution < 1.29 is 4.42 Å². The molecule has 0 bridgehead atoms. The molecular formula is C61H39N3O. The second-order valence-electron chi connectivity index (χ2n) is 16.8. The average molecular weight is 830 g/mol. The van der Waals surface area contributed by atoms with E-state index in [9.17, 15) is 0 Å². The molecule has 0 aliphatic heterocycles. The third-order valence-electron chi connectivity index (χ3n) is 12.9. The lowest BCUT2D eigenvalue weighted by molar-refractivity contribution is 0.620. The lowest BCUT2D eigenvalue weighted by Crippen LogP contribution is -1.93. The van der Waals surface area contributed by atoms with Gasteiger partial charge in [0.05, 0.1) is 22.1 Å². The summed E-state index contributed by atoms with van der Waals surface area (Å²) in [5.74, 6) is 0.600. The fraction of sp³-hybridized carbons (Fsp3) is 0. The Bertz CT molecular complexity index is 3900. The van der Waals surface area contributed by atoms with E-state index in [4.69, 9.17) is 9.40 Å². The van der Waals surface area contributed by atoms with E-state index >= 15 is 0 Å². The standard InChI is InChI=1S/C61H39N3O/c1-6-16-40(17-7-1)43-26-30-55-51(34-43)53-36-45(28-32-57(53)63(55)48-22-12-4-13-23-48)47-38-50(60-59(39-47)65-61(62-60)42-20-10-3-11-21-42)46-29-33-58-54(37-46)52-35-44(41-18-8-2-9-19-41)27-31-56(52)64(58)49-24-14-5-15-25-49/h1-39H. The molecular weight excluding hydrogens is 791 g/mol. The Morgan fingerprint density at radius 2 is 0.662 bits per heavy atom. The number of benzene rings is 10. The zero-order valence-corrected chi connectivity index (χ0v) is 35.3. The molecule has 0 atom stereocenters. The Kier molecular flexibility index (Phi) is 8.50. The number of nitrogens with zero attached hydrogens (tertiary/aromatic N) is 3. The van der Waals surface area contributed by atoms with E-state index in [1.807, 2.05) is 18.2 Å². The first-order valence-corrected chi connectivity index (χ1v) is 22.1. The van der Waals surface area contributed by atoms with Crippen LogP contribution in [0.2, 0.25) is 0 Å². The first-order chi connectivity index (χ1) is 32.2. The minimum Gasteiger partial charge on any atom is -0.436 e. The van der Waals surface area contributed by atoms with Crippen molar-refractivity contribution in [3.05, 3.63) is 237 Å². The van der Waals surface area contributed by atoms with Gasteiger partial charge in [-0.3, -0.25) is 0 Å². The minimum absolute atomic E-state index is 0.600. The van der Waals surface area contributed by atoms with Crippen molar-refractivity contribution in [3.8, 4) is 67.3 Å². The van der Waals surface area contributed by atoms with Crippen LogP contribution in [0, 0.1) is 0 Å². The Hall–Kier alpha value is -8.73. The van der Waals surface area contributed by atoms with Crippen LogP contribution in [0.5, 0.6) is 0 Å². The summed E-state index contributed by atoms with van der Waals surface area (Å²) in [6.07, 6.45) is 0. The van der Waals surface area contributed by atoms with Crippen molar-refractivity contribution in [2.24, 2.45) is 0 Å². The van der Waals surface area contributed by atoms with Gasteiger partial charge >= 0.3 is 0 Å². The van der Waals surface area contributed by atoms with Crippen LogP contribution in [-0.2, 0) is 0 Å². The van der Waals surface area contributed by atoms with E-state index in [1.165, 1.54) is 49.3 Å². The van der Waals surface area contributed by atoms with Crippen LogP contribution in [0.1, 0.15) is 0 Å². The molecule has 0 aliphatic carbocycles. The van der Waals surface area contributed by atoms with Gasteiger partial charge in [0.15, 0.2) is 5.58 Å². The van der Waals surface area contributed by atoms with Crippen molar-refractivity contribution >= 4 is 54.7 Å². The van der Waals surface area contributed by atoms with Gasteiger partial charge in [-0.05, 0) is 136 Å². The SMILES string of the molecule is c1ccc(-c2ccc3c(c2)c2cc(-c4cc(-c5ccc6c(c5)c5cc(-c7ccccc7)ccc5n6-c5ccccc5)c5nc(-c6ccccc6)oc5c4)ccc2n3-c2ccccc2)cc1. The fourth-order valence-corrected chi connectivity index (χ4v) is 9.84. The van der Waals surface area contributed by atoms with Crippen molar-refractivity contribution in [1.82, 2.24) is 14.1 Å². The van der Waals surface area contributed by atoms with Crippen LogP contribution in [0.3, 0.4) is 0 Å². The van der Waals surface area contributed by atoms with Gasteiger partial charge in [0, 0.05) is 44.0 Å². The number of fused-ring (bicyclic) bond motifs is 7. The largest absolute Gasteiger partial charge is 0.436 e. The van der Waals surface area contributed by atoms with Crippen LogP contribution in [0.4, 0.5) is 0 Å². The predicted octanol–water partition coefficient (Wildman–Crippen LogP) is 16.4. The number of rotatable bonds is 7. The average Bonchev–Trinajstić information content (AvgIpc) is 4.07. The lowest BCUT2D eigenvalue weighted by atomic mass is 9.95. The summed E-state index contributed by atoms with van der Waals surface area (Å²) < 4.78 is 11.5. The molecule has 65 heavy (non-hydrogen) atoms. The van der Waals surface area contributed by atoms with E-state index in [-0.39, 0.29) is 0 Å². The Morgan fingerprint density at radius 1 is 0.292 bits per heavy atom. The Morgan fingerprint density at radius 3 is 1.11 bits per heavy atom. The van der Waals surface area contributed by atoms with Crippen LogP contribution in [0.15, 0.2) is 241 Å². The number of hydrogen-bond acceptors (Lipinski definition) is 2. The highest BCUT2D eigenvalue weighted by Gasteiger charge is 2.21. The zero-order chi connectivity index (χ0) is 42.8. The minimum atomic E-state index is 0.600. The van der Waals surface area contributed by atoms with Gasteiger partial charge in [-0.2, -0.15) is 0 Å². The smallest absolute Gasteiger partial charge is 0.227 e. The second kappa shape index (κ2) is 15.0. The van der Waals surface area contributed by atoms with E-state index in [2.05, 4.69) is 228 Å². The fourth-order valence-electron chi connectivity index (χ4n) is 9.84. The summed E-state index contributed by atoms with van der Waals surface area (Å²) in [5.41, 5.74) is 18.4. The molecule has 0 saturated heterocycles. The summed E-state index contributed by atoms with van der Waals surface area (Å²) in [5, 5.41) is 4.76. The summed E-state index contributed by atoms with van der Waals surface area (Å²) in [4.78, 5) is 5.23. The molecule has 0 fully saturated rings. The third-order valence-corrected chi connectivity index (χ3v) is 12.9. The van der Waals surface area contributed by atoms with Gasteiger partial charge in [-0.25, -0.2) is 4.98 Å². The molecule has 0 aliphatic rings. The first-order valence-electron chi connectivity index (χ1n) is 22.1. The molecule has 3 heterocycles. The van der Waals surface area contributed by atoms with Crippen LogP contribution in [-0.4, -0.2) is 14.1 Å². The van der Waals surface area contributed by atoms with Gasteiger partial charge in [0.25, 0.3) is 0 Å². The second-order valence-corrected chi connectivity index (χ2v) is 16.8. The number of para-hydroxylation sites is 2. The molecule has 4 heteroatoms. The molecule has 13 rings (SSSR count). The van der Waals surface area contributed by atoms with Gasteiger partial charge in [0.1, 0.15) is 5.52 Å². The van der Waals surface area contributed by atoms with Gasteiger partial charge < -0.3 is 13.6 Å².